The van der Waals surface area contributed by atoms with Crippen LogP contribution in [0.25, 0.3) is 5.69 Å². The van der Waals surface area contributed by atoms with Gasteiger partial charge in [0.2, 0.25) is 11.8 Å². The smallest absolute Gasteiger partial charge is 0.488 e. The summed E-state index contributed by atoms with van der Waals surface area (Å²) in [5.74, 6) is 2.10. The number of carbonyl (C=O) groups is 2. The van der Waals surface area contributed by atoms with Crippen molar-refractivity contribution in [1.82, 2.24) is 25.0 Å². The summed E-state index contributed by atoms with van der Waals surface area (Å²) in [5.41, 5.74) is 6.54. The van der Waals surface area contributed by atoms with Crippen LogP contribution in [0.4, 0.5) is 0 Å². The van der Waals surface area contributed by atoms with Crippen LogP contribution in [-0.2, 0) is 22.6 Å². The summed E-state index contributed by atoms with van der Waals surface area (Å²) in [6, 6.07) is 27.8. The normalized spacial score (nSPS) is 15.5. The van der Waals surface area contributed by atoms with Gasteiger partial charge in [0.1, 0.15) is 17.6 Å². The van der Waals surface area contributed by atoms with Crippen LogP contribution in [0.3, 0.4) is 0 Å². The number of nitrogens with zero attached hydrogens (tertiary/aromatic N) is 5. The van der Waals surface area contributed by atoms with Gasteiger partial charge in [-0.25, -0.2) is 0 Å². The first-order valence-corrected chi connectivity index (χ1v) is 18.1. The van der Waals surface area contributed by atoms with Crippen molar-refractivity contribution in [2.45, 2.75) is 51.1 Å². The number of benzene rings is 4. The summed E-state index contributed by atoms with van der Waals surface area (Å²) in [7, 11) is 0.0594. The number of halogens is 1. The lowest BCUT2D eigenvalue weighted by Gasteiger charge is -2.32. The molecule has 2 aliphatic rings. The molecule has 0 saturated carbocycles. The number of aliphatic imine (C=N–C) groups is 1. The van der Waals surface area contributed by atoms with E-state index in [0.717, 1.165) is 40.8 Å². The number of aromatic nitrogens is 3. The van der Waals surface area contributed by atoms with Crippen molar-refractivity contribution in [2.75, 3.05) is 20.2 Å². The number of fused-ring (bicyclic) bond motifs is 3. The number of amides is 2. The Morgan fingerprint density at radius 1 is 0.943 bits per heavy atom. The quantitative estimate of drug-likeness (QED) is 0.180. The molecule has 7 rings (SSSR count). The molecule has 270 valence electrons. The van der Waals surface area contributed by atoms with Crippen LogP contribution in [-0.4, -0.2) is 74.6 Å². The third kappa shape index (κ3) is 8.05. The number of piperidine rings is 1. The van der Waals surface area contributed by atoms with Crippen molar-refractivity contribution in [1.29, 1.82) is 0 Å². The molecule has 0 unspecified atom stereocenters. The lowest BCUT2D eigenvalue weighted by Crippen LogP contribution is -2.39. The summed E-state index contributed by atoms with van der Waals surface area (Å²) in [4.78, 5) is 33.7. The topological polar surface area (TPSA) is 142 Å². The van der Waals surface area contributed by atoms with E-state index in [1.807, 2.05) is 77.1 Å². The number of aryl methyl sites for hydroxylation is 1. The Morgan fingerprint density at radius 2 is 1.70 bits per heavy atom. The van der Waals surface area contributed by atoms with Crippen LogP contribution >= 0.6 is 11.6 Å². The standard InChI is InChI=1S/C40H40BClN6O5/c1-25-45-46-40-35(44-39(29-9-11-32(42)12-10-29)34-22-33(53-2)13-14-36(34)48(25)40)23-37(49)43-24-27-6-3-7-30(19-27)28-15-17-47(18-16-28)38(50)21-26-5-4-8-31(20-26)41(51)52/h3-14,19-20,22,28,35,51-52H,15-18,21,23-24H2,1-2H3,(H,43,49)/t35-/m0/s1. The molecule has 3 N–H and O–H groups in total. The molecule has 0 radical (unpaired) electrons. The summed E-state index contributed by atoms with van der Waals surface area (Å²) in [6.45, 7) is 3.53. The molecule has 53 heavy (non-hydrogen) atoms. The largest absolute Gasteiger partial charge is 0.497 e. The number of hydrogen-bond acceptors (Lipinski definition) is 8. The SMILES string of the molecule is COc1ccc2c(c1)C(c1ccc(Cl)cc1)=N[C@@H](CC(=O)NCc1cccc(C3CCN(C(=O)Cc4cccc(B(O)O)c4)CC3)c1)c1nnc(C)n1-2. The first-order chi connectivity index (χ1) is 25.7. The van der Waals surface area contributed by atoms with Crippen molar-refractivity contribution in [3.8, 4) is 11.4 Å². The predicted octanol–water partition coefficient (Wildman–Crippen LogP) is 4.46. The third-order valence-electron chi connectivity index (χ3n) is 9.99. The highest BCUT2D eigenvalue weighted by atomic mass is 35.5. The van der Waals surface area contributed by atoms with E-state index in [1.54, 1.807) is 25.3 Å². The molecule has 1 fully saturated rings. The molecule has 0 bridgehead atoms. The van der Waals surface area contributed by atoms with Crippen molar-refractivity contribution in [3.05, 3.63) is 135 Å². The van der Waals surface area contributed by atoms with Gasteiger partial charge in [-0.2, -0.15) is 0 Å². The summed E-state index contributed by atoms with van der Waals surface area (Å²) in [6.07, 6.45) is 1.95. The fraction of sp³-hybridized carbons (Fsp3) is 0.275. The maximum Gasteiger partial charge on any atom is 0.488 e. The van der Waals surface area contributed by atoms with E-state index < -0.39 is 13.2 Å². The Morgan fingerprint density at radius 3 is 2.45 bits per heavy atom. The van der Waals surface area contributed by atoms with Gasteiger partial charge >= 0.3 is 7.12 Å². The van der Waals surface area contributed by atoms with E-state index in [9.17, 15) is 19.6 Å². The first-order valence-electron chi connectivity index (χ1n) is 17.7. The van der Waals surface area contributed by atoms with E-state index in [2.05, 4.69) is 27.6 Å². The van der Waals surface area contributed by atoms with Crippen LogP contribution in [0.15, 0.2) is 96.0 Å². The second-order valence-electron chi connectivity index (χ2n) is 13.5. The minimum atomic E-state index is -1.56. The van der Waals surface area contributed by atoms with Crippen LogP contribution < -0.4 is 15.5 Å². The second-order valence-corrected chi connectivity index (χ2v) is 13.9. The Kier molecular flexibility index (Phi) is 10.7. The number of carbonyl (C=O) groups excluding carboxylic acids is 2. The van der Waals surface area contributed by atoms with Crippen molar-refractivity contribution >= 4 is 41.7 Å². The maximum atomic E-state index is 13.6. The van der Waals surface area contributed by atoms with E-state index >= 15 is 0 Å². The molecular formula is C40H40BClN6O5. The van der Waals surface area contributed by atoms with Crippen molar-refractivity contribution < 1.29 is 24.4 Å². The zero-order chi connectivity index (χ0) is 37.1. The molecule has 3 heterocycles. The van der Waals surface area contributed by atoms with Gasteiger partial charge in [-0.1, -0.05) is 72.3 Å². The number of hydrogen-bond donors (Lipinski definition) is 3. The molecule has 2 amide bonds. The molecule has 4 aromatic carbocycles. The van der Waals surface area contributed by atoms with E-state index in [1.165, 1.54) is 5.56 Å². The zero-order valence-electron chi connectivity index (χ0n) is 29.6. The van der Waals surface area contributed by atoms with E-state index in [4.69, 9.17) is 21.3 Å². The average Bonchev–Trinajstić information content (AvgIpc) is 3.50. The number of methoxy groups -OCH3 is 1. The Balaban J connectivity index is 1.02. The molecule has 13 heteroatoms. The second kappa shape index (κ2) is 15.8. The summed E-state index contributed by atoms with van der Waals surface area (Å²) < 4.78 is 7.53. The predicted molar refractivity (Wildman–Crippen MR) is 204 cm³/mol. The molecule has 1 saturated heterocycles. The molecule has 1 aromatic heterocycles. The van der Waals surface area contributed by atoms with Gasteiger partial charge in [0.05, 0.1) is 31.4 Å². The molecular weight excluding hydrogens is 691 g/mol. The number of likely N-dealkylation sites (tertiary alicyclic amines) is 1. The van der Waals surface area contributed by atoms with Gasteiger partial charge in [-0.05, 0) is 78.2 Å². The van der Waals surface area contributed by atoms with Crippen LogP contribution in [0, 0.1) is 6.92 Å². The molecule has 0 aliphatic carbocycles. The molecule has 11 nitrogen and oxygen atoms in total. The summed E-state index contributed by atoms with van der Waals surface area (Å²) >= 11 is 6.24. The van der Waals surface area contributed by atoms with Gasteiger partial charge < -0.3 is 25.0 Å². The zero-order valence-corrected chi connectivity index (χ0v) is 30.3. The molecule has 2 aliphatic heterocycles. The first kappa shape index (κ1) is 36.1. The highest BCUT2D eigenvalue weighted by Gasteiger charge is 2.30. The lowest BCUT2D eigenvalue weighted by atomic mass is 9.79. The number of nitrogens with one attached hydrogen (secondary N) is 1. The minimum absolute atomic E-state index is 0.0276. The van der Waals surface area contributed by atoms with Gasteiger partial charge in [-0.3, -0.25) is 19.1 Å². The van der Waals surface area contributed by atoms with E-state index in [-0.39, 0.29) is 24.7 Å². The van der Waals surface area contributed by atoms with Crippen molar-refractivity contribution in [3.63, 3.8) is 0 Å². The Bertz CT molecular complexity index is 2160. The molecule has 5 aromatic rings. The minimum Gasteiger partial charge on any atom is -0.497 e. The molecule has 1 atom stereocenters. The number of ether oxygens (including phenoxy) is 1. The Labute approximate surface area is 313 Å². The van der Waals surface area contributed by atoms with Gasteiger partial charge in [-0.15, -0.1) is 10.2 Å². The van der Waals surface area contributed by atoms with Gasteiger partial charge in [0, 0.05) is 35.8 Å². The third-order valence-corrected chi connectivity index (χ3v) is 10.2. The highest BCUT2D eigenvalue weighted by molar-refractivity contribution is 6.58. The van der Waals surface area contributed by atoms with Gasteiger partial charge in [0.15, 0.2) is 5.82 Å². The Hall–Kier alpha value is -5.30. The average molecular weight is 731 g/mol. The number of rotatable bonds is 10. The van der Waals surface area contributed by atoms with Crippen LogP contribution in [0.2, 0.25) is 5.02 Å². The lowest BCUT2D eigenvalue weighted by molar-refractivity contribution is -0.131. The monoisotopic (exact) mass is 730 g/mol. The highest BCUT2D eigenvalue weighted by Crippen LogP contribution is 2.35. The fourth-order valence-corrected chi connectivity index (χ4v) is 7.32. The van der Waals surface area contributed by atoms with E-state index in [0.29, 0.717) is 59.1 Å². The van der Waals surface area contributed by atoms with Gasteiger partial charge in [0.25, 0.3) is 0 Å². The molecule has 0 spiro atoms. The fourth-order valence-electron chi connectivity index (χ4n) is 7.19. The summed E-state index contributed by atoms with van der Waals surface area (Å²) in [5, 5.41) is 31.5. The maximum absolute atomic E-state index is 13.6. The van der Waals surface area contributed by atoms with Crippen molar-refractivity contribution in [2.24, 2.45) is 4.99 Å². The van der Waals surface area contributed by atoms with Crippen LogP contribution in [0.5, 0.6) is 5.75 Å². The van der Waals surface area contributed by atoms with Crippen LogP contribution in [0.1, 0.15) is 70.7 Å².